The zero-order chi connectivity index (χ0) is 16.6. The molecule has 0 radical (unpaired) electrons. The average Bonchev–Trinajstić information content (AvgIpc) is 2.89. The molecule has 0 unspecified atom stereocenters. The molecule has 0 aliphatic heterocycles. The second-order valence-corrected chi connectivity index (χ2v) is 8.12. The maximum Gasteiger partial charge on any atom is 0.260 e. The van der Waals surface area contributed by atoms with Crippen LogP contribution >= 0.6 is 11.3 Å². The third-order valence-corrected chi connectivity index (χ3v) is 6.37. The van der Waals surface area contributed by atoms with E-state index in [9.17, 15) is 4.79 Å². The molecule has 2 aromatic rings. The molecule has 0 saturated heterocycles. The van der Waals surface area contributed by atoms with Crippen LogP contribution in [0.15, 0.2) is 4.79 Å². The van der Waals surface area contributed by atoms with Gasteiger partial charge in [-0.25, -0.2) is 4.98 Å². The summed E-state index contributed by atoms with van der Waals surface area (Å²) in [5.41, 5.74) is 1.32. The Morgan fingerprint density at radius 1 is 1.39 bits per heavy atom. The van der Waals surface area contributed by atoms with Gasteiger partial charge in [-0.2, -0.15) is 0 Å². The van der Waals surface area contributed by atoms with Crippen molar-refractivity contribution in [1.29, 1.82) is 0 Å². The van der Waals surface area contributed by atoms with E-state index in [1.54, 1.807) is 11.3 Å². The van der Waals surface area contributed by atoms with Crippen molar-refractivity contribution in [3.05, 3.63) is 26.6 Å². The summed E-state index contributed by atoms with van der Waals surface area (Å²) in [4.78, 5) is 22.8. The van der Waals surface area contributed by atoms with Crippen molar-refractivity contribution in [3.8, 4) is 0 Å². The summed E-state index contributed by atoms with van der Waals surface area (Å²) in [5, 5.41) is 3.19. The van der Waals surface area contributed by atoms with Gasteiger partial charge >= 0.3 is 0 Å². The number of aromatic amines is 1. The first-order chi connectivity index (χ1) is 11.0. The van der Waals surface area contributed by atoms with Crippen molar-refractivity contribution in [2.75, 3.05) is 0 Å². The molecule has 2 heterocycles. The SMILES string of the molecule is CCC(CC)[NH2+][C@@H](C)c1nc2sc3c(c2c(=O)[nH]1)CC[C@H](C)C3. The number of nitrogens with two attached hydrogens (primary N) is 1. The van der Waals surface area contributed by atoms with Crippen LogP contribution in [0.2, 0.25) is 0 Å². The minimum Gasteiger partial charge on any atom is -0.335 e. The van der Waals surface area contributed by atoms with Gasteiger partial charge in [0.15, 0.2) is 5.82 Å². The molecule has 2 aromatic heterocycles. The van der Waals surface area contributed by atoms with Crippen LogP contribution in [0.25, 0.3) is 10.2 Å². The number of nitrogens with one attached hydrogen (secondary N) is 1. The molecule has 1 aliphatic carbocycles. The normalized spacial score (nSPS) is 19.3. The van der Waals surface area contributed by atoms with Gasteiger partial charge in [-0.05, 0) is 50.5 Å². The van der Waals surface area contributed by atoms with Crippen LogP contribution in [-0.2, 0) is 12.8 Å². The van der Waals surface area contributed by atoms with Crippen molar-refractivity contribution in [2.24, 2.45) is 5.92 Å². The number of aryl methyl sites for hydroxylation is 1. The molecule has 0 amide bonds. The van der Waals surface area contributed by atoms with Crippen molar-refractivity contribution in [1.82, 2.24) is 9.97 Å². The standard InChI is InChI=1S/C18H27N3OS/c1-5-12(6-2)19-11(4)16-20-17(22)15-13-8-7-10(3)9-14(13)23-18(15)21-16/h10-12,19H,5-9H2,1-4H3,(H,20,21,22)/p+1/t10-,11-/m0/s1. The zero-order valence-electron chi connectivity index (χ0n) is 14.6. The van der Waals surface area contributed by atoms with E-state index in [0.717, 1.165) is 47.6 Å². The first-order valence-corrected chi connectivity index (χ1v) is 9.74. The first kappa shape index (κ1) is 16.7. The Morgan fingerprint density at radius 2 is 2.13 bits per heavy atom. The Labute approximate surface area is 141 Å². The van der Waals surface area contributed by atoms with E-state index in [4.69, 9.17) is 4.98 Å². The number of hydrogen-bond donors (Lipinski definition) is 2. The Hall–Kier alpha value is -1.20. The van der Waals surface area contributed by atoms with Crippen LogP contribution in [0.5, 0.6) is 0 Å². The van der Waals surface area contributed by atoms with Crippen molar-refractivity contribution in [2.45, 2.75) is 71.9 Å². The van der Waals surface area contributed by atoms with Gasteiger partial charge in [0.2, 0.25) is 0 Å². The summed E-state index contributed by atoms with van der Waals surface area (Å²) < 4.78 is 0. The lowest BCUT2D eigenvalue weighted by molar-refractivity contribution is -0.726. The predicted molar refractivity (Wildman–Crippen MR) is 96.1 cm³/mol. The maximum atomic E-state index is 12.6. The second kappa shape index (κ2) is 6.73. The number of hydrogen-bond acceptors (Lipinski definition) is 3. The quantitative estimate of drug-likeness (QED) is 0.883. The summed E-state index contributed by atoms with van der Waals surface area (Å²) in [6.07, 6.45) is 5.58. The molecule has 23 heavy (non-hydrogen) atoms. The Bertz CT molecular complexity index is 745. The van der Waals surface area contributed by atoms with Gasteiger partial charge in [0.1, 0.15) is 10.9 Å². The van der Waals surface area contributed by atoms with Crippen LogP contribution in [0.3, 0.4) is 0 Å². The molecule has 0 bridgehead atoms. The fourth-order valence-electron chi connectivity index (χ4n) is 3.64. The number of fused-ring (bicyclic) bond motifs is 3. The fourth-order valence-corrected chi connectivity index (χ4v) is 5.03. The number of rotatable bonds is 5. The highest BCUT2D eigenvalue weighted by atomic mass is 32.1. The molecule has 3 N–H and O–H groups in total. The lowest BCUT2D eigenvalue weighted by Gasteiger charge is -2.17. The summed E-state index contributed by atoms with van der Waals surface area (Å²) >= 11 is 1.73. The maximum absolute atomic E-state index is 12.6. The highest BCUT2D eigenvalue weighted by molar-refractivity contribution is 7.18. The third kappa shape index (κ3) is 3.22. The highest BCUT2D eigenvalue weighted by Gasteiger charge is 2.24. The molecule has 0 aromatic carbocycles. The van der Waals surface area contributed by atoms with E-state index in [-0.39, 0.29) is 11.6 Å². The smallest absolute Gasteiger partial charge is 0.260 e. The monoisotopic (exact) mass is 334 g/mol. The predicted octanol–water partition coefficient (Wildman–Crippen LogP) is 2.92. The van der Waals surface area contributed by atoms with Crippen LogP contribution in [0.4, 0.5) is 0 Å². The molecular formula is C18H28N3OS+. The fraction of sp³-hybridized carbons (Fsp3) is 0.667. The van der Waals surface area contributed by atoms with Gasteiger partial charge < -0.3 is 10.3 Å². The zero-order valence-corrected chi connectivity index (χ0v) is 15.4. The Kier molecular flexibility index (Phi) is 4.87. The second-order valence-electron chi connectivity index (χ2n) is 7.04. The number of nitrogens with zero attached hydrogens (tertiary/aromatic N) is 1. The average molecular weight is 335 g/mol. The molecular weight excluding hydrogens is 306 g/mol. The molecule has 126 valence electrons. The summed E-state index contributed by atoms with van der Waals surface area (Å²) in [6.45, 7) is 8.86. The first-order valence-electron chi connectivity index (χ1n) is 8.92. The van der Waals surface area contributed by atoms with Gasteiger partial charge in [-0.1, -0.05) is 20.8 Å². The van der Waals surface area contributed by atoms with Crippen LogP contribution in [0.1, 0.15) is 69.3 Å². The number of aromatic nitrogens is 2. The topological polar surface area (TPSA) is 62.4 Å². The lowest BCUT2D eigenvalue weighted by Crippen LogP contribution is -2.90. The molecule has 3 rings (SSSR count). The van der Waals surface area contributed by atoms with E-state index in [0.29, 0.717) is 6.04 Å². The minimum absolute atomic E-state index is 0.0573. The van der Waals surface area contributed by atoms with Crippen LogP contribution in [-0.4, -0.2) is 16.0 Å². The van der Waals surface area contributed by atoms with Crippen LogP contribution in [0, 0.1) is 5.92 Å². The summed E-state index contributed by atoms with van der Waals surface area (Å²) in [7, 11) is 0. The highest BCUT2D eigenvalue weighted by Crippen LogP contribution is 2.35. The van der Waals surface area contributed by atoms with Crippen LogP contribution < -0.4 is 10.9 Å². The van der Waals surface area contributed by atoms with E-state index in [1.807, 2.05) is 0 Å². The number of quaternary nitrogens is 1. The van der Waals surface area contributed by atoms with E-state index >= 15 is 0 Å². The Morgan fingerprint density at radius 3 is 2.83 bits per heavy atom. The Balaban J connectivity index is 1.97. The molecule has 2 atom stereocenters. The molecule has 0 spiro atoms. The van der Waals surface area contributed by atoms with Gasteiger partial charge in [0, 0.05) is 4.88 Å². The van der Waals surface area contributed by atoms with Gasteiger partial charge in [-0.15, -0.1) is 11.3 Å². The molecule has 0 saturated carbocycles. The van der Waals surface area contributed by atoms with E-state index in [1.165, 1.54) is 16.9 Å². The third-order valence-electron chi connectivity index (χ3n) is 5.22. The summed E-state index contributed by atoms with van der Waals surface area (Å²) in [6, 6.07) is 0.776. The number of H-pyrrole nitrogens is 1. The van der Waals surface area contributed by atoms with Gasteiger partial charge in [-0.3, -0.25) is 4.79 Å². The van der Waals surface area contributed by atoms with Gasteiger partial charge in [0.05, 0.1) is 11.4 Å². The summed E-state index contributed by atoms with van der Waals surface area (Å²) in [5.74, 6) is 1.54. The van der Waals surface area contributed by atoms with Crippen molar-refractivity contribution >= 4 is 21.6 Å². The minimum atomic E-state index is 0.0573. The molecule has 1 aliphatic rings. The number of thiophene rings is 1. The molecule has 0 fully saturated rings. The van der Waals surface area contributed by atoms with Gasteiger partial charge in [0.25, 0.3) is 5.56 Å². The molecule has 5 heteroatoms. The largest absolute Gasteiger partial charge is 0.335 e. The van der Waals surface area contributed by atoms with E-state index < -0.39 is 0 Å². The molecule has 4 nitrogen and oxygen atoms in total. The van der Waals surface area contributed by atoms with E-state index in [2.05, 4.69) is 38.0 Å². The van der Waals surface area contributed by atoms with Crippen molar-refractivity contribution < 1.29 is 5.32 Å². The lowest BCUT2D eigenvalue weighted by atomic mass is 9.89. The van der Waals surface area contributed by atoms with Crippen molar-refractivity contribution in [3.63, 3.8) is 0 Å².